The molecule has 0 aliphatic carbocycles. The lowest BCUT2D eigenvalue weighted by Gasteiger charge is -2.25. The molecule has 2 aliphatic heterocycles. The number of piperidine rings is 1. The molecule has 0 bridgehead atoms. The molecule has 2 heterocycles. The summed E-state index contributed by atoms with van der Waals surface area (Å²) in [6.07, 6.45) is 1.10. The van der Waals surface area contributed by atoms with E-state index in [0.29, 0.717) is 62.8 Å². The summed E-state index contributed by atoms with van der Waals surface area (Å²) in [5.74, 6) is 1.66. The smallest absolute Gasteiger partial charge is 0.176 e. The second kappa shape index (κ2) is 5.63. The van der Waals surface area contributed by atoms with Gasteiger partial charge in [0.1, 0.15) is 19.0 Å². The maximum Gasteiger partial charge on any atom is 0.176 e. The van der Waals surface area contributed by atoms with Gasteiger partial charge in [-0.25, -0.2) is 0 Å². The molecule has 0 unspecified atom stereocenters. The Morgan fingerprint density at radius 2 is 1.80 bits per heavy atom. The van der Waals surface area contributed by atoms with Crippen LogP contribution in [0.4, 0.5) is 0 Å². The van der Waals surface area contributed by atoms with Crippen molar-refractivity contribution in [3.63, 3.8) is 0 Å². The molecular formula is C15H17NO4. The van der Waals surface area contributed by atoms with Crippen LogP contribution in [0.2, 0.25) is 0 Å². The Hall–Kier alpha value is -1.88. The van der Waals surface area contributed by atoms with Gasteiger partial charge in [0.25, 0.3) is 0 Å². The number of nitrogens with zero attached hydrogens (tertiary/aromatic N) is 1. The molecule has 1 aromatic rings. The van der Waals surface area contributed by atoms with Crippen LogP contribution in [0.3, 0.4) is 0 Å². The first kappa shape index (κ1) is 13.1. The second-order valence-corrected chi connectivity index (χ2v) is 5.10. The Morgan fingerprint density at radius 1 is 1.10 bits per heavy atom. The molecule has 0 radical (unpaired) electrons. The van der Waals surface area contributed by atoms with Crippen LogP contribution in [0.15, 0.2) is 18.2 Å². The number of hydrogen-bond acceptors (Lipinski definition) is 5. The van der Waals surface area contributed by atoms with Crippen LogP contribution >= 0.6 is 0 Å². The summed E-state index contributed by atoms with van der Waals surface area (Å²) in [7, 11) is 0. The summed E-state index contributed by atoms with van der Waals surface area (Å²) in [5.41, 5.74) is 0.631. The number of carbonyl (C=O) groups is 2. The zero-order valence-electron chi connectivity index (χ0n) is 11.3. The highest BCUT2D eigenvalue weighted by Crippen LogP contribution is 2.30. The Bertz CT molecular complexity index is 531. The van der Waals surface area contributed by atoms with Gasteiger partial charge in [0.15, 0.2) is 17.3 Å². The fourth-order valence-corrected chi connectivity index (χ4v) is 2.47. The third kappa shape index (κ3) is 2.82. The van der Waals surface area contributed by atoms with Crippen LogP contribution < -0.4 is 9.47 Å². The summed E-state index contributed by atoms with van der Waals surface area (Å²) in [6.45, 7) is 2.76. The van der Waals surface area contributed by atoms with E-state index in [-0.39, 0.29) is 11.6 Å². The first-order valence-electron chi connectivity index (χ1n) is 6.89. The van der Waals surface area contributed by atoms with E-state index in [1.54, 1.807) is 18.2 Å². The third-order valence-electron chi connectivity index (χ3n) is 3.65. The van der Waals surface area contributed by atoms with Gasteiger partial charge in [-0.3, -0.25) is 14.5 Å². The van der Waals surface area contributed by atoms with Crippen LogP contribution in [0.5, 0.6) is 11.5 Å². The molecule has 1 saturated heterocycles. The lowest BCUT2D eigenvalue weighted by atomic mass is 10.1. The molecule has 0 N–H and O–H groups in total. The normalized spacial score (nSPS) is 18.9. The number of fused-ring (bicyclic) bond motifs is 1. The Morgan fingerprint density at radius 3 is 2.55 bits per heavy atom. The Labute approximate surface area is 117 Å². The summed E-state index contributed by atoms with van der Waals surface area (Å²) >= 11 is 0. The van der Waals surface area contributed by atoms with E-state index in [1.807, 2.05) is 4.90 Å². The first-order valence-corrected chi connectivity index (χ1v) is 6.89. The molecule has 5 heteroatoms. The molecule has 5 nitrogen and oxygen atoms in total. The van der Waals surface area contributed by atoms with Crippen molar-refractivity contribution in [3.05, 3.63) is 23.8 Å². The van der Waals surface area contributed by atoms with Gasteiger partial charge in [0.05, 0.1) is 6.54 Å². The number of benzene rings is 1. The number of ketones is 2. The van der Waals surface area contributed by atoms with E-state index in [4.69, 9.17) is 9.47 Å². The maximum atomic E-state index is 12.3. The highest BCUT2D eigenvalue weighted by atomic mass is 16.6. The first-order chi connectivity index (χ1) is 9.72. The van der Waals surface area contributed by atoms with Crippen LogP contribution in [0.1, 0.15) is 23.2 Å². The predicted octanol–water partition coefficient (Wildman–Crippen LogP) is 1.31. The standard InChI is InChI=1S/C15H17NO4/c17-12-3-5-16(6-4-12)10-13(18)11-1-2-14-15(9-11)20-8-7-19-14/h1-2,9H,3-8,10H2. The van der Waals surface area contributed by atoms with Gasteiger partial charge < -0.3 is 9.47 Å². The molecule has 2 aliphatic rings. The summed E-state index contributed by atoms with van der Waals surface area (Å²) in [6, 6.07) is 5.29. The van der Waals surface area contributed by atoms with E-state index in [9.17, 15) is 9.59 Å². The SMILES string of the molecule is O=C1CCN(CC(=O)c2ccc3c(c2)OCCO3)CC1. The topological polar surface area (TPSA) is 55.8 Å². The monoisotopic (exact) mass is 275 g/mol. The molecule has 0 amide bonds. The molecule has 3 rings (SSSR count). The van der Waals surface area contributed by atoms with Crippen molar-refractivity contribution < 1.29 is 19.1 Å². The number of ether oxygens (including phenoxy) is 2. The fraction of sp³-hybridized carbons (Fsp3) is 0.467. The summed E-state index contributed by atoms with van der Waals surface area (Å²) in [4.78, 5) is 25.5. The number of likely N-dealkylation sites (tertiary alicyclic amines) is 1. The van der Waals surface area contributed by atoms with Crippen molar-refractivity contribution in [2.24, 2.45) is 0 Å². The molecule has 0 spiro atoms. The van der Waals surface area contributed by atoms with Crippen molar-refractivity contribution in [1.82, 2.24) is 4.90 Å². The number of Topliss-reactive ketones (excluding diaryl/α,β-unsaturated/α-hetero) is 2. The predicted molar refractivity (Wildman–Crippen MR) is 72.4 cm³/mol. The molecule has 106 valence electrons. The van der Waals surface area contributed by atoms with Gasteiger partial charge >= 0.3 is 0 Å². The van der Waals surface area contributed by atoms with Gasteiger partial charge in [-0.1, -0.05) is 0 Å². The van der Waals surface area contributed by atoms with Crippen molar-refractivity contribution in [2.75, 3.05) is 32.8 Å². The number of hydrogen-bond donors (Lipinski definition) is 0. The van der Waals surface area contributed by atoms with E-state index in [0.717, 1.165) is 0 Å². The minimum atomic E-state index is 0.0522. The zero-order chi connectivity index (χ0) is 13.9. The van der Waals surface area contributed by atoms with Gasteiger partial charge in [-0.15, -0.1) is 0 Å². The van der Waals surface area contributed by atoms with E-state index >= 15 is 0 Å². The fourth-order valence-electron chi connectivity index (χ4n) is 2.47. The second-order valence-electron chi connectivity index (χ2n) is 5.10. The largest absolute Gasteiger partial charge is 0.486 e. The van der Waals surface area contributed by atoms with Crippen LogP contribution in [-0.4, -0.2) is 49.3 Å². The van der Waals surface area contributed by atoms with Crippen molar-refractivity contribution in [1.29, 1.82) is 0 Å². The highest BCUT2D eigenvalue weighted by Gasteiger charge is 2.20. The van der Waals surface area contributed by atoms with Gasteiger partial charge in [-0.05, 0) is 18.2 Å². The van der Waals surface area contributed by atoms with Crippen molar-refractivity contribution >= 4 is 11.6 Å². The highest BCUT2D eigenvalue weighted by molar-refractivity contribution is 5.98. The van der Waals surface area contributed by atoms with Crippen LogP contribution in [-0.2, 0) is 4.79 Å². The minimum Gasteiger partial charge on any atom is -0.486 e. The lowest BCUT2D eigenvalue weighted by molar-refractivity contribution is -0.121. The van der Waals surface area contributed by atoms with E-state index in [2.05, 4.69) is 0 Å². The van der Waals surface area contributed by atoms with Gasteiger partial charge in [-0.2, -0.15) is 0 Å². The van der Waals surface area contributed by atoms with Gasteiger partial charge in [0.2, 0.25) is 0 Å². The summed E-state index contributed by atoms with van der Waals surface area (Å²) in [5, 5.41) is 0. The average Bonchev–Trinajstić information content (AvgIpc) is 2.49. The molecule has 1 fully saturated rings. The third-order valence-corrected chi connectivity index (χ3v) is 3.65. The molecule has 1 aromatic carbocycles. The molecule has 0 atom stereocenters. The van der Waals surface area contributed by atoms with Crippen molar-refractivity contribution in [2.45, 2.75) is 12.8 Å². The molecular weight excluding hydrogens is 258 g/mol. The number of rotatable bonds is 3. The number of carbonyl (C=O) groups excluding carboxylic acids is 2. The molecule has 0 saturated carbocycles. The maximum absolute atomic E-state index is 12.3. The lowest BCUT2D eigenvalue weighted by Crippen LogP contribution is -2.37. The van der Waals surface area contributed by atoms with E-state index < -0.39 is 0 Å². The summed E-state index contributed by atoms with van der Waals surface area (Å²) < 4.78 is 10.9. The Balaban J connectivity index is 1.66. The minimum absolute atomic E-state index is 0.0522. The van der Waals surface area contributed by atoms with Crippen LogP contribution in [0, 0.1) is 0 Å². The van der Waals surface area contributed by atoms with Crippen molar-refractivity contribution in [3.8, 4) is 11.5 Å². The quantitative estimate of drug-likeness (QED) is 0.778. The van der Waals surface area contributed by atoms with E-state index in [1.165, 1.54) is 0 Å². The Kier molecular flexibility index (Phi) is 3.69. The molecule has 0 aromatic heterocycles. The molecule has 20 heavy (non-hydrogen) atoms. The van der Waals surface area contributed by atoms with Crippen LogP contribution in [0.25, 0.3) is 0 Å². The average molecular weight is 275 g/mol. The van der Waals surface area contributed by atoms with Gasteiger partial charge in [0, 0.05) is 31.5 Å². The zero-order valence-corrected chi connectivity index (χ0v) is 11.3.